The van der Waals surface area contributed by atoms with Crippen molar-refractivity contribution >= 4 is 11.9 Å². The number of carbonyl (C=O) groups excluding carboxylic acids is 2. The quantitative estimate of drug-likeness (QED) is 0.263. The van der Waals surface area contributed by atoms with Crippen molar-refractivity contribution < 1.29 is 18.7 Å². The average Bonchev–Trinajstić information content (AvgIpc) is 2.71. The topological polar surface area (TPSA) is 55.4 Å². The fourth-order valence-corrected chi connectivity index (χ4v) is 3.22. The van der Waals surface area contributed by atoms with Gasteiger partial charge < -0.3 is 10.1 Å². The van der Waals surface area contributed by atoms with Gasteiger partial charge in [-0.15, -0.1) is 0 Å². The van der Waals surface area contributed by atoms with E-state index < -0.39 is 23.7 Å². The molecule has 1 atom stereocenters. The van der Waals surface area contributed by atoms with Crippen molar-refractivity contribution in [2.45, 2.75) is 96.9 Å². The second-order valence-electron chi connectivity index (χ2n) is 7.73. The Morgan fingerprint density at radius 3 is 1.97 bits per heavy atom. The number of halogens is 1. The molecule has 1 rings (SSSR count). The van der Waals surface area contributed by atoms with Gasteiger partial charge in [0.2, 0.25) is 0 Å². The summed E-state index contributed by atoms with van der Waals surface area (Å²) in [5.41, 5.74) is -0.0758. The maximum Gasteiger partial charge on any atom is 0.328 e. The van der Waals surface area contributed by atoms with E-state index in [0.29, 0.717) is 6.61 Å². The summed E-state index contributed by atoms with van der Waals surface area (Å²) in [6.45, 7) is 4.15. The normalized spacial score (nSPS) is 11.8. The summed E-state index contributed by atoms with van der Waals surface area (Å²) < 4.78 is 18.8. The minimum absolute atomic E-state index is 0.0758. The van der Waals surface area contributed by atoms with Gasteiger partial charge in [-0.3, -0.25) is 4.79 Å². The number of unbranched alkanes of at least 4 members (excludes halogenated alkanes) is 11. The predicted molar refractivity (Wildman–Crippen MR) is 115 cm³/mol. The first-order valence-electron chi connectivity index (χ1n) is 11.3. The summed E-state index contributed by atoms with van der Waals surface area (Å²) in [4.78, 5) is 24.0. The number of rotatable bonds is 16. The minimum atomic E-state index is -0.806. The molecule has 0 fully saturated rings. The van der Waals surface area contributed by atoms with Gasteiger partial charge in [-0.25, -0.2) is 9.18 Å². The van der Waals surface area contributed by atoms with Crippen LogP contribution in [0.15, 0.2) is 24.3 Å². The molecule has 0 saturated heterocycles. The van der Waals surface area contributed by atoms with Crippen LogP contribution in [0.2, 0.25) is 0 Å². The monoisotopic (exact) mass is 407 g/mol. The molecule has 0 radical (unpaired) electrons. The zero-order valence-corrected chi connectivity index (χ0v) is 18.2. The number of ether oxygens (including phenoxy) is 1. The molecule has 0 heterocycles. The Bertz CT molecular complexity index is 591. The molecule has 0 aromatic heterocycles. The molecule has 0 aliphatic heterocycles. The van der Waals surface area contributed by atoms with E-state index in [1.807, 2.05) is 0 Å². The van der Waals surface area contributed by atoms with Gasteiger partial charge in [0.25, 0.3) is 5.91 Å². The third-order valence-corrected chi connectivity index (χ3v) is 5.06. The molecule has 0 unspecified atom stereocenters. The zero-order chi connectivity index (χ0) is 21.3. The van der Waals surface area contributed by atoms with E-state index in [0.717, 1.165) is 19.3 Å². The summed E-state index contributed by atoms with van der Waals surface area (Å²) in [6.07, 6.45) is 15.0. The predicted octanol–water partition coefficient (Wildman–Crippen LogP) is 6.19. The zero-order valence-electron chi connectivity index (χ0n) is 18.2. The molecule has 0 bridgehead atoms. The summed E-state index contributed by atoms with van der Waals surface area (Å²) in [6, 6.07) is 4.88. The van der Waals surface area contributed by atoms with E-state index in [1.165, 1.54) is 76.0 Å². The van der Waals surface area contributed by atoms with Crippen LogP contribution in [0.3, 0.4) is 0 Å². The molecule has 4 nitrogen and oxygen atoms in total. The fraction of sp³-hybridized carbons (Fsp3) is 0.667. The number of carbonyl (C=O) groups is 2. The average molecular weight is 408 g/mol. The minimum Gasteiger partial charge on any atom is -0.464 e. The van der Waals surface area contributed by atoms with Gasteiger partial charge in [-0.1, -0.05) is 89.7 Å². The SMILES string of the molecule is CCCCCCCCCCCCCCOC(=O)[C@H](C)NC(=O)c1ccccc1F. The van der Waals surface area contributed by atoms with Crippen molar-refractivity contribution in [2.75, 3.05) is 6.61 Å². The molecule has 0 aliphatic rings. The number of benzene rings is 1. The Morgan fingerprint density at radius 2 is 1.41 bits per heavy atom. The highest BCUT2D eigenvalue weighted by Gasteiger charge is 2.19. The third-order valence-electron chi connectivity index (χ3n) is 5.06. The molecule has 1 amide bonds. The highest BCUT2D eigenvalue weighted by Crippen LogP contribution is 2.12. The van der Waals surface area contributed by atoms with Crippen molar-refractivity contribution in [1.29, 1.82) is 0 Å². The summed E-state index contributed by atoms with van der Waals surface area (Å²) >= 11 is 0. The fourth-order valence-electron chi connectivity index (χ4n) is 3.22. The van der Waals surface area contributed by atoms with E-state index in [1.54, 1.807) is 13.0 Å². The molecule has 164 valence electrons. The first-order chi connectivity index (χ1) is 14.1. The van der Waals surface area contributed by atoms with Crippen LogP contribution in [0.1, 0.15) is 101 Å². The van der Waals surface area contributed by atoms with E-state index in [9.17, 15) is 14.0 Å². The van der Waals surface area contributed by atoms with Gasteiger partial charge in [0.15, 0.2) is 0 Å². The Hall–Kier alpha value is -1.91. The van der Waals surface area contributed by atoms with Crippen molar-refractivity contribution in [2.24, 2.45) is 0 Å². The van der Waals surface area contributed by atoms with Crippen molar-refractivity contribution in [3.05, 3.63) is 35.6 Å². The Morgan fingerprint density at radius 1 is 0.897 bits per heavy atom. The van der Waals surface area contributed by atoms with Crippen LogP contribution in [0, 0.1) is 5.82 Å². The van der Waals surface area contributed by atoms with Crippen molar-refractivity contribution in [3.63, 3.8) is 0 Å². The molecule has 0 aliphatic carbocycles. The molecule has 1 aromatic carbocycles. The van der Waals surface area contributed by atoms with Crippen LogP contribution in [0.5, 0.6) is 0 Å². The number of hydrogen-bond acceptors (Lipinski definition) is 3. The number of amides is 1. The van der Waals surface area contributed by atoms with Gasteiger partial charge in [0, 0.05) is 0 Å². The second kappa shape index (κ2) is 15.9. The van der Waals surface area contributed by atoms with Gasteiger partial charge in [-0.05, 0) is 25.5 Å². The highest BCUT2D eigenvalue weighted by molar-refractivity contribution is 5.96. The molecular formula is C24H38FNO3. The lowest BCUT2D eigenvalue weighted by molar-refractivity contribution is -0.145. The maximum absolute atomic E-state index is 13.6. The first kappa shape index (κ1) is 25.1. The summed E-state index contributed by atoms with van der Waals surface area (Å²) in [7, 11) is 0. The Kier molecular flexibility index (Phi) is 13.8. The van der Waals surface area contributed by atoms with Crippen molar-refractivity contribution in [3.8, 4) is 0 Å². The molecule has 5 heteroatoms. The highest BCUT2D eigenvalue weighted by atomic mass is 19.1. The second-order valence-corrected chi connectivity index (χ2v) is 7.73. The lowest BCUT2D eigenvalue weighted by Gasteiger charge is -2.13. The molecular weight excluding hydrogens is 369 g/mol. The van der Waals surface area contributed by atoms with Crippen LogP contribution in [0.4, 0.5) is 4.39 Å². The van der Waals surface area contributed by atoms with Gasteiger partial charge >= 0.3 is 5.97 Å². The molecule has 0 saturated carbocycles. The van der Waals surface area contributed by atoms with Crippen LogP contribution < -0.4 is 5.32 Å². The van der Waals surface area contributed by atoms with E-state index >= 15 is 0 Å². The summed E-state index contributed by atoms with van der Waals surface area (Å²) in [5, 5.41) is 2.48. The molecule has 0 spiro atoms. The maximum atomic E-state index is 13.6. The van der Waals surface area contributed by atoms with Crippen LogP contribution in [-0.2, 0) is 9.53 Å². The van der Waals surface area contributed by atoms with Gasteiger partial charge in [-0.2, -0.15) is 0 Å². The van der Waals surface area contributed by atoms with Gasteiger partial charge in [0.1, 0.15) is 11.9 Å². The van der Waals surface area contributed by atoms with Crippen LogP contribution in [0.25, 0.3) is 0 Å². The Labute approximate surface area is 175 Å². The van der Waals surface area contributed by atoms with Crippen molar-refractivity contribution in [1.82, 2.24) is 5.32 Å². The van der Waals surface area contributed by atoms with Crippen LogP contribution in [-0.4, -0.2) is 24.5 Å². The standard InChI is InChI=1S/C24H38FNO3/c1-3-4-5-6-7-8-9-10-11-12-13-16-19-29-24(28)20(2)26-23(27)21-17-14-15-18-22(21)25/h14-15,17-18,20H,3-13,16,19H2,1-2H3,(H,26,27)/t20-/m0/s1. The van der Waals surface area contributed by atoms with E-state index in [2.05, 4.69) is 12.2 Å². The van der Waals surface area contributed by atoms with Gasteiger partial charge in [0.05, 0.1) is 12.2 Å². The lowest BCUT2D eigenvalue weighted by Crippen LogP contribution is -2.40. The van der Waals surface area contributed by atoms with E-state index in [-0.39, 0.29) is 5.56 Å². The smallest absolute Gasteiger partial charge is 0.328 e. The molecule has 1 aromatic rings. The van der Waals surface area contributed by atoms with Crippen LogP contribution >= 0.6 is 0 Å². The number of nitrogens with one attached hydrogen (secondary N) is 1. The molecule has 29 heavy (non-hydrogen) atoms. The first-order valence-corrected chi connectivity index (χ1v) is 11.3. The lowest BCUT2D eigenvalue weighted by atomic mass is 10.1. The Balaban J connectivity index is 2.01. The third kappa shape index (κ3) is 11.6. The number of esters is 1. The number of hydrogen-bond donors (Lipinski definition) is 1. The van der Waals surface area contributed by atoms with E-state index in [4.69, 9.17) is 4.74 Å². The molecule has 1 N–H and O–H groups in total. The largest absolute Gasteiger partial charge is 0.464 e. The summed E-state index contributed by atoms with van der Waals surface area (Å²) in [5.74, 6) is -1.71.